The van der Waals surface area contributed by atoms with Crippen molar-refractivity contribution in [3.8, 4) is 44.0 Å². The zero-order valence-electron chi connectivity index (χ0n) is 22.3. The summed E-state index contributed by atoms with van der Waals surface area (Å²) in [7, 11) is 7.27. The second kappa shape index (κ2) is 10.5. The van der Waals surface area contributed by atoms with E-state index in [1.807, 2.05) is 13.1 Å². The molecule has 0 unspecified atom stereocenters. The van der Waals surface area contributed by atoms with Crippen molar-refractivity contribution < 1.29 is 9.47 Å². The summed E-state index contributed by atoms with van der Waals surface area (Å²) in [5.41, 5.74) is 4.28. The van der Waals surface area contributed by atoms with Crippen LogP contribution >= 0.6 is 45.3 Å². The number of aliphatic imine (C=N–C) groups is 2. The molecule has 0 radical (unpaired) electrons. The van der Waals surface area contributed by atoms with E-state index < -0.39 is 0 Å². The Labute approximate surface area is 255 Å². The number of amidine groups is 2. The minimum atomic E-state index is -0.220. The maximum absolute atomic E-state index is 9.12. The summed E-state index contributed by atoms with van der Waals surface area (Å²) in [5, 5.41) is 19.3. The van der Waals surface area contributed by atoms with Gasteiger partial charge in [0.25, 0.3) is 0 Å². The van der Waals surface area contributed by atoms with Gasteiger partial charge in [0.1, 0.15) is 23.6 Å². The molecule has 0 aliphatic carbocycles. The van der Waals surface area contributed by atoms with Crippen molar-refractivity contribution in [2.45, 2.75) is 0 Å². The molecule has 0 aliphatic heterocycles. The van der Waals surface area contributed by atoms with Crippen molar-refractivity contribution in [2.24, 2.45) is 24.1 Å². The third-order valence-corrected chi connectivity index (χ3v) is 11.2. The molecule has 204 valence electrons. The van der Waals surface area contributed by atoms with E-state index in [2.05, 4.69) is 48.0 Å². The third kappa shape index (κ3) is 4.14. The zero-order chi connectivity index (χ0) is 29.7. The number of rotatable bonds is 6. The predicted molar refractivity (Wildman–Crippen MR) is 171 cm³/mol. The number of hydrogen-bond acceptors (Lipinski definition) is 10. The van der Waals surface area contributed by atoms with Gasteiger partial charge in [0.05, 0.1) is 65.2 Å². The molecular weight excluding hydrogens is 609 g/mol. The van der Waals surface area contributed by atoms with Gasteiger partial charge in [0.2, 0.25) is 10.0 Å². The molecule has 0 bridgehead atoms. The van der Waals surface area contributed by atoms with Crippen LogP contribution in [0.2, 0.25) is 0 Å². The summed E-state index contributed by atoms with van der Waals surface area (Å²) in [5.74, 6) is 0.849. The summed E-state index contributed by atoms with van der Waals surface area (Å²) >= 11 is 6.15. The SMILES string of the molecule is [C-]#[N+]C(C#N)=Nc1cc(OC)c(-c2cc3c(s2)c2sc4cc(-c5sc(N=C(C#N)[N+]#[C-])cc5OC)n(C)c4c2n3C)s1. The summed E-state index contributed by atoms with van der Waals surface area (Å²) in [4.78, 5) is 17.4. The lowest BCUT2D eigenvalue weighted by atomic mass is 10.3. The van der Waals surface area contributed by atoms with E-state index in [0.29, 0.717) is 21.5 Å². The Morgan fingerprint density at radius 3 is 1.95 bits per heavy atom. The minimum absolute atomic E-state index is 0.215. The molecule has 14 heteroatoms. The normalized spacial score (nSPS) is 12.0. The molecule has 0 N–H and O–H groups in total. The van der Waals surface area contributed by atoms with Gasteiger partial charge in [-0.25, -0.2) is 10.5 Å². The van der Waals surface area contributed by atoms with Crippen molar-refractivity contribution in [3.05, 3.63) is 47.1 Å². The first-order valence-electron chi connectivity index (χ1n) is 11.9. The number of ether oxygens (including phenoxy) is 2. The van der Waals surface area contributed by atoms with Crippen molar-refractivity contribution in [1.29, 1.82) is 10.5 Å². The van der Waals surface area contributed by atoms with Gasteiger partial charge in [-0.05, 0) is 12.1 Å². The number of nitrogens with zero attached hydrogens (tertiary/aromatic N) is 8. The molecule has 0 saturated carbocycles. The Bertz CT molecular complexity index is 2280. The topological polar surface area (TPSA) is 109 Å². The van der Waals surface area contributed by atoms with Crippen LogP contribution in [0, 0.1) is 35.8 Å². The van der Waals surface area contributed by atoms with Gasteiger partial charge in [-0.1, -0.05) is 45.8 Å². The molecule has 0 saturated heterocycles. The van der Waals surface area contributed by atoms with Crippen LogP contribution in [0.25, 0.3) is 60.7 Å². The molecule has 0 atom stereocenters. The van der Waals surface area contributed by atoms with Crippen LogP contribution in [0.1, 0.15) is 0 Å². The first kappa shape index (κ1) is 27.2. The zero-order valence-corrected chi connectivity index (χ0v) is 25.6. The molecule has 6 rings (SSSR count). The Morgan fingerprint density at radius 2 is 1.38 bits per heavy atom. The second-order valence-electron chi connectivity index (χ2n) is 8.75. The van der Waals surface area contributed by atoms with Crippen molar-refractivity contribution in [1.82, 2.24) is 9.13 Å². The Balaban J connectivity index is 1.48. The van der Waals surface area contributed by atoms with Crippen molar-refractivity contribution >= 4 is 97.7 Å². The number of hydrogen-bond donors (Lipinski definition) is 0. The van der Waals surface area contributed by atoms with Crippen molar-refractivity contribution in [3.63, 3.8) is 0 Å². The van der Waals surface area contributed by atoms with Gasteiger partial charge in [0, 0.05) is 26.2 Å². The number of fused-ring (bicyclic) bond motifs is 5. The van der Waals surface area contributed by atoms with Gasteiger partial charge < -0.3 is 28.3 Å². The Morgan fingerprint density at radius 1 is 0.786 bits per heavy atom. The Kier molecular flexibility index (Phi) is 6.78. The highest BCUT2D eigenvalue weighted by atomic mass is 32.1. The van der Waals surface area contributed by atoms with Crippen LogP contribution in [0.3, 0.4) is 0 Å². The van der Waals surface area contributed by atoms with Crippen LogP contribution < -0.4 is 9.47 Å². The highest BCUT2D eigenvalue weighted by Gasteiger charge is 2.25. The van der Waals surface area contributed by atoms with Gasteiger partial charge in [0.15, 0.2) is 0 Å². The van der Waals surface area contributed by atoms with Crippen LogP contribution in [0.4, 0.5) is 10.0 Å². The first-order chi connectivity index (χ1) is 20.3. The van der Waals surface area contributed by atoms with Gasteiger partial charge in [-0.15, -0.1) is 22.7 Å². The molecule has 0 aliphatic rings. The summed E-state index contributed by atoms with van der Waals surface area (Å²) in [6.45, 7) is 14.2. The molecule has 42 heavy (non-hydrogen) atoms. The molecule has 0 amide bonds. The molecule has 6 heterocycles. The second-order valence-corrected chi connectivity index (χ2v) is 12.9. The Hall–Kier alpha value is -4.96. The predicted octanol–water partition coefficient (Wildman–Crippen LogP) is 8.37. The number of aryl methyl sites for hydroxylation is 2. The largest absolute Gasteiger partial charge is 0.495 e. The third-order valence-electron chi connectivity index (χ3n) is 6.58. The number of thiophene rings is 4. The molecule has 10 nitrogen and oxygen atoms in total. The molecule has 6 aromatic heterocycles. The van der Waals surface area contributed by atoms with E-state index in [9.17, 15) is 0 Å². The van der Waals surface area contributed by atoms with E-state index in [4.69, 9.17) is 33.1 Å². The van der Waals surface area contributed by atoms with Crippen molar-refractivity contribution in [2.75, 3.05) is 14.2 Å². The lowest BCUT2D eigenvalue weighted by Gasteiger charge is -2.05. The highest BCUT2D eigenvalue weighted by Crippen LogP contribution is 2.52. The van der Waals surface area contributed by atoms with E-state index in [1.54, 1.807) is 55.1 Å². The number of aromatic nitrogens is 2. The molecule has 0 aromatic carbocycles. The number of nitriles is 2. The lowest BCUT2D eigenvalue weighted by molar-refractivity contribution is 0.418. The fraction of sp³-hybridized carbons (Fsp3) is 0.143. The fourth-order valence-corrected chi connectivity index (χ4v) is 9.53. The minimum Gasteiger partial charge on any atom is -0.495 e. The summed E-state index contributed by atoms with van der Waals surface area (Å²) in [6.07, 6.45) is 0. The van der Waals surface area contributed by atoms with E-state index >= 15 is 0 Å². The van der Waals surface area contributed by atoms with Crippen LogP contribution in [-0.4, -0.2) is 35.0 Å². The summed E-state index contributed by atoms with van der Waals surface area (Å²) in [6, 6.07) is 11.4. The maximum Gasteiger partial charge on any atom is 0.350 e. The molecular formula is C28H16N8O2S4. The van der Waals surface area contributed by atoms with Gasteiger partial charge in [-0.2, -0.15) is 0 Å². The number of methoxy groups -OCH3 is 2. The summed E-state index contributed by atoms with van der Waals surface area (Å²) < 4.78 is 19.1. The fourth-order valence-electron chi connectivity index (χ4n) is 4.75. The first-order valence-corrected chi connectivity index (χ1v) is 15.2. The molecule has 6 aromatic rings. The van der Waals surface area contributed by atoms with Crippen LogP contribution in [0.5, 0.6) is 11.5 Å². The van der Waals surface area contributed by atoms with E-state index in [1.165, 1.54) is 27.4 Å². The van der Waals surface area contributed by atoms with Crippen LogP contribution in [0.15, 0.2) is 34.3 Å². The standard InChI is InChI=1S/C28H16N8O2S4/c1-31-19(11-29)33-21-9-15(37-5)25(41-21)13-7-17-23(35(13)3)24-28(39-17)26-14(36(24)4)8-18(40-26)27-16(38-6)10-22(42-27)34-20(12-30)32-2/h7-10H,3-6H3. The van der Waals surface area contributed by atoms with Crippen LogP contribution in [-0.2, 0) is 14.1 Å². The molecule has 0 spiro atoms. The average molecular weight is 625 g/mol. The highest BCUT2D eigenvalue weighted by molar-refractivity contribution is 7.33. The smallest absolute Gasteiger partial charge is 0.350 e. The monoisotopic (exact) mass is 624 g/mol. The van der Waals surface area contributed by atoms with E-state index in [0.717, 1.165) is 46.3 Å². The quantitative estimate of drug-likeness (QED) is 0.105. The lowest BCUT2D eigenvalue weighted by Crippen LogP contribution is -1.93. The maximum atomic E-state index is 9.12. The van der Waals surface area contributed by atoms with Gasteiger partial charge >= 0.3 is 11.7 Å². The van der Waals surface area contributed by atoms with Gasteiger partial charge in [-0.3, -0.25) is 0 Å². The molecule has 0 fully saturated rings. The average Bonchev–Trinajstić information content (AvgIpc) is 3.82. The van der Waals surface area contributed by atoms with E-state index in [-0.39, 0.29) is 11.7 Å².